The third kappa shape index (κ3) is 5.15. The van der Waals surface area contributed by atoms with Gasteiger partial charge in [0.15, 0.2) is 0 Å². The third-order valence-electron chi connectivity index (χ3n) is 5.65. The second-order valence-electron chi connectivity index (χ2n) is 7.92. The lowest BCUT2D eigenvalue weighted by atomic mass is 10.1. The van der Waals surface area contributed by atoms with Crippen LogP contribution in [0.5, 0.6) is 0 Å². The number of allylic oxidation sites excluding steroid dienone is 1. The van der Waals surface area contributed by atoms with Crippen LogP contribution in [0.25, 0.3) is 0 Å². The van der Waals surface area contributed by atoms with Gasteiger partial charge in [-0.1, -0.05) is 33.6 Å². The third-order valence-corrected chi connectivity index (χ3v) is 6.15. The number of hydrogen-bond donors (Lipinski definition) is 1. The highest BCUT2D eigenvalue weighted by Gasteiger charge is 2.29. The van der Waals surface area contributed by atoms with Crippen LogP contribution in [-0.2, 0) is 11.2 Å². The van der Waals surface area contributed by atoms with Crippen molar-refractivity contribution < 1.29 is 4.74 Å². The Balaban J connectivity index is 1.88. The van der Waals surface area contributed by atoms with Gasteiger partial charge in [0, 0.05) is 37.2 Å². The second-order valence-corrected chi connectivity index (χ2v) is 8.42. The smallest absolute Gasteiger partial charge is 0.108 e. The molecule has 2 aliphatic heterocycles. The van der Waals surface area contributed by atoms with E-state index in [2.05, 4.69) is 61.8 Å². The van der Waals surface area contributed by atoms with E-state index in [4.69, 9.17) is 9.73 Å². The normalized spacial score (nSPS) is 21.0. The SMILES string of the molecule is C=C(C(/N=C(\C)C(=P)NC1CCOCC1)=C(C)\N=C/C)N1c2ccccc2CC1C. The van der Waals surface area contributed by atoms with Crippen molar-refractivity contribution in [3.63, 3.8) is 0 Å². The fourth-order valence-electron chi connectivity index (χ4n) is 4.07. The van der Waals surface area contributed by atoms with Crippen molar-refractivity contribution in [3.8, 4) is 0 Å². The Kier molecular flexibility index (Phi) is 7.76. The average molecular weight is 425 g/mol. The van der Waals surface area contributed by atoms with E-state index >= 15 is 0 Å². The zero-order chi connectivity index (χ0) is 21.7. The van der Waals surface area contributed by atoms with Crippen LogP contribution in [0, 0.1) is 0 Å². The summed E-state index contributed by atoms with van der Waals surface area (Å²) in [5, 5.41) is 3.54. The van der Waals surface area contributed by atoms with Crippen molar-refractivity contribution in [2.75, 3.05) is 18.1 Å². The van der Waals surface area contributed by atoms with Crippen LogP contribution in [0.3, 0.4) is 0 Å². The van der Waals surface area contributed by atoms with Crippen LogP contribution in [0.1, 0.15) is 46.1 Å². The Morgan fingerprint density at radius 2 is 1.97 bits per heavy atom. The highest BCUT2D eigenvalue weighted by Crippen LogP contribution is 2.37. The molecule has 0 radical (unpaired) electrons. The summed E-state index contributed by atoms with van der Waals surface area (Å²) in [6, 6.07) is 9.24. The molecule has 1 N–H and O–H groups in total. The van der Waals surface area contributed by atoms with Crippen LogP contribution in [0.2, 0.25) is 0 Å². The van der Waals surface area contributed by atoms with E-state index < -0.39 is 0 Å². The lowest BCUT2D eigenvalue weighted by Crippen LogP contribution is -2.40. The highest BCUT2D eigenvalue weighted by molar-refractivity contribution is 7.25. The fourth-order valence-corrected chi connectivity index (χ4v) is 4.33. The molecule has 1 fully saturated rings. The molecule has 0 aliphatic carbocycles. The Morgan fingerprint density at radius 3 is 2.67 bits per heavy atom. The number of fused-ring (bicyclic) bond motifs is 1. The van der Waals surface area contributed by atoms with Crippen LogP contribution in [0.4, 0.5) is 5.69 Å². The van der Waals surface area contributed by atoms with Crippen molar-refractivity contribution in [2.45, 2.75) is 59.0 Å². The van der Waals surface area contributed by atoms with Crippen molar-refractivity contribution in [1.82, 2.24) is 5.32 Å². The first-order valence-corrected chi connectivity index (χ1v) is 11.2. The van der Waals surface area contributed by atoms with Crippen LogP contribution < -0.4 is 10.2 Å². The molecule has 1 aromatic carbocycles. The molecule has 0 bridgehead atoms. The lowest BCUT2D eigenvalue weighted by Gasteiger charge is -2.28. The molecule has 160 valence electrons. The van der Waals surface area contributed by atoms with Crippen LogP contribution in [-0.4, -0.2) is 42.6 Å². The summed E-state index contributed by atoms with van der Waals surface area (Å²) in [5.74, 6) is 0. The van der Waals surface area contributed by atoms with E-state index in [9.17, 15) is 0 Å². The molecule has 0 saturated carbocycles. The van der Waals surface area contributed by atoms with Gasteiger partial charge >= 0.3 is 0 Å². The molecule has 0 spiro atoms. The summed E-state index contributed by atoms with van der Waals surface area (Å²) in [6.45, 7) is 14.2. The summed E-state index contributed by atoms with van der Waals surface area (Å²) in [6.07, 6.45) is 4.80. The molecule has 1 saturated heterocycles. The van der Waals surface area contributed by atoms with Gasteiger partial charge in [-0.2, -0.15) is 0 Å². The first-order valence-electron chi connectivity index (χ1n) is 10.7. The van der Waals surface area contributed by atoms with E-state index in [1.807, 2.05) is 20.8 Å². The maximum Gasteiger partial charge on any atom is 0.108 e. The number of nitrogens with zero attached hydrogens (tertiary/aromatic N) is 3. The van der Waals surface area contributed by atoms with Gasteiger partial charge in [-0.05, 0) is 58.6 Å². The maximum absolute atomic E-state index is 5.46. The monoisotopic (exact) mass is 424 g/mol. The summed E-state index contributed by atoms with van der Waals surface area (Å²) >= 11 is 0. The largest absolute Gasteiger partial charge is 0.381 e. The minimum Gasteiger partial charge on any atom is -0.381 e. The summed E-state index contributed by atoms with van der Waals surface area (Å²) in [7, 11) is 3.75. The predicted octanol–water partition coefficient (Wildman–Crippen LogP) is 4.78. The standard InChI is InChI=1S/C24H33N4OP/c1-6-25-17(3)23(26-18(4)24(30)27-21-11-13-29-14-12-21)19(5)28-16(2)15-20-9-7-8-10-22(20)28/h6-10,16,21,27,30H,5,11-15H2,1-4H3/b23-17+,25-6-,26-18+. The zero-order valence-corrected chi connectivity index (χ0v) is 19.5. The van der Waals surface area contributed by atoms with Gasteiger partial charge in [-0.25, -0.2) is 4.99 Å². The van der Waals surface area contributed by atoms with Crippen molar-refractivity contribution in [1.29, 1.82) is 0 Å². The molecule has 5 nitrogen and oxygen atoms in total. The van der Waals surface area contributed by atoms with E-state index in [1.165, 1.54) is 11.3 Å². The molecular formula is C24H33N4OP. The molecule has 1 aromatic rings. The number of hydrogen-bond acceptors (Lipinski definition) is 4. The van der Waals surface area contributed by atoms with E-state index in [0.717, 1.165) is 60.7 Å². The highest BCUT2D eigenvalue weighted by atomic mass is 31.0. The van der Waals surface area contributed by atoms with Gasteiger partial charge in [0.05, 0.1) is 22.5 Å². The van der Waals surface area contributed by atoms with Gasteiger partial charge in [0.2, 0.25) is 0 Å². The number of ether oxygens (including phenoxy) is 1. The van der Waals surface area contributed by atoms with Gasteiger partial charge in [0.1, 0.15) is 5.70 Å². The van der Waals surface area contributed by atoms with E-state index in [1.54, 1.807) is 6.21 Å². The molecule has 1 unspecified atom stereocenters. The van der Waals surface area contributed by atoms with Gasteiger partial charge in [-0.3, -0.25) is 10.3 Å². The van der Waals surface area contributed by atoms with Gasteiger partial charge < -0.3 is 9.64 Å². The number of anilines is 1. The Labute approximate surface area is 182 Å². The number of benzene rings is 1. The Hall–Kier alpha value is -2.07. The topological polar surface area (TPSA) is 49.2 Å². The first kappa shape index (κ1) is 22.6. The van der Waals surface area contributed by atoms with Gasteiger partial charge in [-0.15, -0.1) is 0 Å². The first-order chi connectivity index (χ1) is 14.4. The van der Waals surface area contributed by atoms with Gasteiger partial charge in [0.25, 0.3) is 0 Å². The molecule has 6 heteroatoms. The molecule has 2 aliphatic rings. The molecule has 2 heterocycles. The Bertz CT molecular complexity index is 896. The minimum absolute atomic E-state index is 0.325. The quantitative estimate of drug-likeness (QED) is 0.389. The summed E-state index contributed by atoms with van der Waals surface area (Å²) < 4.78 is 5.46. The minimum atomic E-state index is 0.325. The fraction of sp³-hybridized carbons (Fsp3) is 0.458. The second kappa shape index (κ2) is 10.3. The summed E-state index contributed by atoms with van der Waals surface area (Å²) in [5.41, 5.74) is 6.85. The van der Waals surface area contributed by atoms with Crippen molar-refractivity contribution in [2.24, 2.45) is 9.98 Å². The van der Waals surface area contributed by atoms with E-state index in [-0.39, 0.29) is 0 Å². The molecular weight excluding hydrogens is 391 g/mol. The number of nitrogens with one attached hydrogen (secondary N) is 1. The molecule has 3 rings (SSSR count). The number of rotatable bonds is 7. The van der Waals surface area contributed by atoms with Crippen LogP contribution in [0.15, 0.2) is 57.9 Å². The van der Waals surface area contributed by atoms with Crippen molar-refractivity contribution >= 4 is 31.9 Å². The molecule has 1 atom stereocenters. The molecule has 30 heavy (non-hydrogen) atoms. The van der Waals surface area contributed by atoms with Crippen LogP contribution >= 0.6 is 8.86 Å². The molecule has 0 aromatic heterocycles. The van der Waals surface area contributed by atoms with Crippen molar-refractivity contribution in [3.05, 3.63) is 53.5 Å². The number of para-hydroxylation sites is 1. The molecule has 0 amide bonds. The predicted molar refractivity (Wildman–Crippen MR) is 132 cm³/mol. The average Bonchev–Trinajstić information content (AvgIpc) is 3.07. The zero-order valence-electron chi connectivity index (χ0n) is 18.5. The lowest BCUT2D eigenvalue weighted by molar-refractivity contribution is 0.0827. The Morgan fingerprint density at radius 1 is 1.27 bits per heavy atom. The number of aliphatic imine (C=N–C) groups is 2. The maximum atomic E-state index is 5.46. The summed E-state index contributed by atoms with van der Waals surface area (Å²) in [4.78, 5) is 11.8. The van der Waals surface area contributed by atoms with E-state index in [0.29, 0.717) is 12.1 Å².